The molecule has 0 aliphatic heterocycles. The minimum absolute atomic E-state index is 0.0163. The van der Waals surface area contributed by atoms with Gasteiger partial charge >= 0.3 is 0 Å². The third-order valence-corrected chi connectivity index (χ3v) is 4.91. The Bertz CT molecular complexity index is 1060. The lowest BCUT2D eigenvalue weighted by atomic mass is 9.98. The van der Waals surface area contributed by atoms with E-state index in [9.17, 15) is 13.6 Å². The molecule has 2 aromatic heterocycles. The zero-order chi connectivity index (χ0) is 23.1. The van der Waals surface area contributed by atoms with Crippen LogP contribution in [-0.2, 0) is 0 Å². The van der Waals surface area contributed by atoms with Gasteiger partial charge in [0.05, 0.1) is 19.3 Å². The fourth-order valence-corrected chi connectivity index (χ4v) is 3.13. The van der Waals surface area contributed by atoms with Gasteiger partial charge in [0.15, 0.2) is 0 Å². The Morgan fingerprint density at radius 2 is 1.91 bits per heavy atom. The number of benzene rings is 1. The zero-order valence-electron chi connectivity index (χ0n) is 18.1. The van der Waals surface area contributed by atoms with Gasteiger partial charge in [-0.1, -0.05) is 13.0 Å². The number of alkyl halides is 2. The van der Waals surface area contributed by atoms with Crippen LogP contribution >= 0.6 is 0 Å². The number of anilines is 1. The maximum atomic E-state index is 12.3. The first-order valence-corrected chi connectivity index (χ1v) is 10.1. The molecule has 9 heteroatoms. The number of hydrogen-bond acceptors (Lipinski definition) is 6. The monoisotopic (exact) mass is 441 g/mol. The average Bonchev–Trinajstić information content (AvgIpc) is 2.81. The number of amides is 1. The topological polar surface area (TPSA) is 89.0 Å². The highest BCUT2D eigenvalue weighted by molar-refractivity contribution is 5.94. The molecule has 168 valence electrons. The molecule has 2 N–H and O–H groups in total. The summed E-state index contributed by atoms with van der Waals surface area (Å²) in [5.41, 5.74) is 3.73. The van der Waals surface area contributed by atoms with Gasteiger partial charge in [-0.2, -0.15) is 0 Å². The summed E-state index contributed by atoms with van der Waals surface area (Å²) < 4.78 is 30.1. The van der Waals surface area contributed by atoms with E-state index in [1.807, 2.05) is 32.0 Å². The summed E-state index contributed by atoms with van der Waals surface area (Å²) in [6, 6.07) is 10.7. The number of carbonyl (C=O) groups excluding carboxylic acids is 1. The van der Waals surface area contributed by atoms with Crippen LogP contribution in [-0.4, -0.2) is 47.5 Å². The van der Waals surface area contributed by atoms with Crippen LogP contribution in [0.4, 0.5) is 14.6 Å². The van der Waals surface area contributed by atoms with Gasteiger partial charge in [-0.05, 0) is 36.8 Å². The highest BCUT2D eigenvalue weighted by atomic mass is 19.3. The highest BCUT2D eigenvalue weighted by Gasteiger charge is 2.16. The third-order valence-electron chi connectivity index (χ3n) is 4.91. The summed E-state index contributed by atoms with van der Waals surface area (Å²) in [5, 5.41) is 5.49. The molecule has 0 aliphatic carbocycles. The summed E-state index contributed by atoms with van der Waals surface area (Å²) in [7, 11) is 1.51. The Hall–Kier alpha value is -3.62. The van der Waals surface area contributed by atoms with E-state index in [0.29, 0.717) is 18.1 Å². The van der Waals surface area contributed by atoms with Gasteiger partial charge in [-0.15, -0.1) is 0 Å². The lowest BCUT2D eigenvalue weighted by Crippen LogP contribution is -2.28. The van der Waals surface area contributed by atoms with Crippen LogP contribution < -0.4 is 15.4 Å². The van der Waals surface area contributed by atoms with Gasteiger partial charge in [-0.25, -0.2) is 18.7 Å². The number of halogens is 2. The summed E-state index contributed by atoms with van der Waals surface area (Å²) in [6.07, 6.45) is 0.666. The molecular formula is C23H25F2N5O2. The van der Waals surface area contributed by atoms with Crippen LogP contribution in [0.1, 0.15) is 34.5 Å². The van der Waals surface area contributed by atoms with Crippen LogP contribution in [0.15, 0.2) is 48.9 Å². The molecule has 3 aromatic rings. The van der Waals surface area contributed by atoms with E-state index in [-0.39, 0.29) is 11.5 Å². The van der Waals surface area contributed by atoms with Crippen molar-refractivity contribution in [3.05, 3.63) is 65.7 Å². The first-order chi connectivity index (χ1) is 15.4. The Balaban J connectivity index is 1.68. The number of hydrogen-bond donors (Lipinski definition) is 2. The molecule has 1 atom stereocenters. The molecule has 1 unspecified atom stereocenters. The zero-order valence-corrected chi connectivity index (χ0v) is 18.1. The highest BCUT2D eigenvalue weighted by Crippen LogP contribution is 2.28. The summed E-state index contributed by atoms with van der Waals surface area (Å²) in [5.74, 6) is 0.630. The first kappa shape index (κ1) is 23.1. The molecular weight excluding hydrogens is 416 g/mol. The van der Waals surface area contributed by atoms with Crippen molar-refractivity contribution < 1.29 is 18.3 Å². The minimum atomic E-state index is -2.60. The van der Waals surface area contributed by atoms with E-state index in [2.05, 4.69) is 25.6 Å². The molecule has 0 saturated carbocycles. The van der Waals surface area contributed by atoms with Crippen LogP contribution in [0.2, 0.25) is 0 Å². The average molecular weight is 441 g/mol. The number of nitrogens with zero attached hydrogens (tertiary/aromatic N) is 3. The lowest BCUT2D eigenvalue weighted by molar-refractivity contribution is 0.0891. The normalized spacial score (nSPS) is 11.8. The number of aromatic nitrogens is 3. The quantitative estimate of drug-likeness (QED) is 0.521. The molecule has 7 nitrogen and oxygen atoms in total. The Labute approximate surface area is 185 Å². The number of aryl methyl sites for hydroxylation is 1. The largest absolute Gasteiger partial charge is 0.496 e. The van der Waals surface area contributed by atoms with Crippen molar-refractivity contribution in [2.24, 2.45) is 0 Å². The van der Waals surface area contributed by atoms with Gasteiger partial charge in [0.2, 0.25) is 0 Å². The third kappa shape index (κ3) is 5.96. The number of ether oxygens (including phenoxy) is 1. The van der Waals surface area contributed by atoms with Gasteiger partial charge in [0.1, 0.15) is 17.9 Å². The van der Waals surface area contributed by atoms with E-state index in [0.717, 1.165) is 22.5 Å². The molecule has 3 rings (SSSR count). The fourth-order valence-electron chi connectivity index (χ4n) is 3.13. The van der Waals surface area contributed by atoms with Crippen molar-refractivity contribution in [3.8, 4) is 17.0 Å². The molecule has 32 heavy (non-hydrogen) atoms. The molecule has 0 fully saturated rings. The summed E-state index contributed by atoms with van der Waals surface area (Å²) in [4.78, 5) is 24.9. The smallest absolute Gasteiger partial charge is 0.255 e. The van der Waals surface area contributed by atoms with Crippen molar-refractivity contribution >= 4 is 11.7 Å². The molecule has 0 spiro atoms. The van der Waals surface area contributed by atoms with E-state index in [1.54, 1.807) is 24.4 Å². The fraction of sp³-hybridized carbons (Fsp3) is 0.304. The number of nitrogens with one attached hydrogen (secondary N) is 2. The van der Waals surface area contributed by atoms with E-state index < -0.39 is 18.9 Å². The second kappa shape index (κ2) is 10.6. The number of pyridine rings is 1. The minimum Gasteiger partial charge on any atom is -0.496 e. The van der Waals surface area contributed by atoms with Crippen LogP contribution in [0.25, 0.3) is 11.3 Å². The molecule has 0 saturated heterocycles. The summed E-state index contributed by atoms with van der Waals surface area (Å²) >= 11 is 0. The van der Waals surface area contributed by atoms with Crippen molar-refractivity contribution in [1.82, 2.24) is 20.3 Å². The van der Waals surface area contributed by atoms with E-state index in [4.69, 9.17) is 4.74 Å². The maximum absolute atomic E-state index is 12.3. The van der Waals surface area contributed by atoms with Gasteiger partial charge < -0.3 is 15.4 Å². The Morgan fingerprint density at radius 1 is 1.09 bits per heavy atom. The first-order valence-electron chi connectivity index (χ1n) is 10.1. The van der Waals surface area contributed by atoms with Crippen LogP contribution in [0.3, 0.4) is 0 Å². The number of methoxy groups -OCH3 is 1. The van der Waals surface area contributed by atoms with Gasteiger partial charge in [0, 0.05) is 41.5 Å². The van der Waals surface area contributed by atoms with E-state index >= 15 is 0 Å². The summed E-state index contributed by atoms with van der Waals surface area (Å²) in [6.45, 7) is 3.79. The van der Waals surface area contributed by atoms with Crippen molar-refractivity contribution in [2.75, 3.05) is 25.5 Å². The van der Waals surface area contributed by atoms with Crippen molar-refractivity contribution in [3.63, 3.8) is 0 Å². The molecule has 0 radical (unpaired) electrons. The molecule has 1 amide bonds. The van der Waals surface area contributed by atoms with E-state index in [1.165, 1.54) is 13.4 Å². The maximum Gasteiger partial charge on any atom is 0.255 e. The number of rotatable bonds is 9. The SMILES string of the molecule is COc1cc(C(=O)NCC(F)F)ccc1C(C)CNc1cc(-c2ccc(C)nc2)ncn1. The lowest BCUT2D eigenvalue weighted by Gasteiger charge is -2.18. The van der Waals surface area contributed by atoms with Crippen LogP contribution in [0.5, 0.6) is 5.75 Å². The van der Waals surface area contributed by atoms with Crippen molar-refractivity contribution in [2.45, 2.75) is 26.2 Å². The van der Waals surface area contributed by atoms with Gasteiger partial charge in [0.25, 0.3) is 12.3 Å². The number of carbonyl (C=O) groups is 1. The van der Waals surface area contributed by atoms with Crippen molar-refractivity contribution in [1.29, 1.82) is 0 Å². The predicted molar refractivity (Wildman–Crippen MR) is 118 cm³/mol. The molecule has 2 heterocycles. The standard InChI is InChI=1S/C23H25F2N5O2/c1-14(18-7-6-16(8-20(18)32-3)23(31)28-12-21(24)25)10-27-22-9-19(29-13-30-22)17-5-4-15(2)26-11-17/h4-9,11,13-14,21H,10,12H2,1-3H3,(H,28,31)(H,27,29,30). The molecule has 0 aliphatic rings. The van der Waals surface area contributed by atoms with Gasteiger partial charge in [-0.3, -0.25) is 9.78 Å². The predicted octanol–water partition coefficient (Wildman–Crippen LogP) is 4.07. The second-order valence-corrected chi connectivity index (χ2v) is 7.32. The second-order valence-electron chi connectivity index (χ2n) is 7.32. The molecule has 1 aromatic carbocycles. The molecule has 0 bridgehead atoms. The Morgan fingerprint density at radius 3 is 2.59 bits per heavy atom. The van der Waals surface area contributed by atoms with Crippen LogP contribution in [0, 0.1) is 6.92 Å². The Kier molecular flexibility index (Phi) is 7.64.